The summed E-state index contributed by atoms with van der Waals surface area (Å²) in [6.45, 7) is 1.82. The molecule has 0 unspecified atom stereocenters. The van der Waals surface area contributed by atoms with E-state index >= 15 is 0 Å². The minimum atomic E-state index is -0.0433. The van der Waals surface area contributed by atoms with E-state index in [1.807, 2.05) is 31.2 Å². The van der Waals surface area contributed by atoms with Gasteiger partial charge >= 0.3 is 0 Å². The third kappa shape index (κ3) is 3.74. The van der Waals surface area contributed by atoms with Crippen molar-refractivity contribution in [2.75, 3.05) is 0 Å². The average molecular weight is 347 g/mol. The second-order valence-electron chi connectivity index (χ2n) is 5.66. The first-order chi connectivity index (χ1) is 11.1. The first-order valence-corrected chi connectivity index (χ1v) is 8.16. The number of hydrazone groups is 1. The molecular formula is C18H16Cl2N2O. The molecule has 2 aromatic carbocycles. The van der Waals surface area contributed by atoms with Crippen LogP contribution in [-0.4, -0.2) is 11.6 Å². The normalized spacial score (nSPS) is 20.2. The highest BCUT2D eigenvalue weighted by Crippen LogP contribution is 2.47. The first-order valence-electron chi connectivity index (χ1n) is 7.41. The lowest BCUT2D eigenvalue weighted by Crippen LogP contribution is -2.21. The predicted octanol–water partition coefficient (Wildman–Crippen LogP) is 4.64. The van der Waals surface area contributed by atoms with Gasteiger partial charge in [-0.2, -0.15) is 5.10 Å². The number of rotatable bonds is 4. The van der Waals surface area contributed by atoms with E-state index < -0.39 is 0 Å². The van der Waals surface area contributed by atoms with Crippen molar-refractivity contribution in [3.8, 4) is 0 Å². The predicted molar refractivity (Wildman–Crippen MR) is 94.1 cm³/mol. The molecule has 1 aliphatic carbocycles. The Balaban J connectivity index is 1.61. The van der Waals surface area contributed by atoms with Crippen LogP contribution in [0.15, 0.2) is 53.6 Å². The molecule has 0 radical (unpaired) electrons. The number of halogens is 2. The fourth-order valence-electron chi connectivity index (χ4n) is 2.56. The Labute approximate surface area is 145 Å². The molecule has 5 heteroatoms. The van der Waals surface area contributed by atoms with Gasteiger partial charge in [0.05, 0.1) is 15.8 Å². The summed E-state index contributed by atoms with van der Waals surface area (Å²) in [6.07, 6.45) is 0.872. The van der Waals surface area contributed by atoms with Gasteiger partial charge in [-0.25, -0.2) is 5.43 Å². The number of amides is 1. The summed E-state index contributed by atoms with van der Waals surface area (Å²) in [5.74, 6) is 0.262. The molecule has 0 aromatic heterocycles. The van der Waals surface area contributed by atoms with Crippen molar-refractivity contribution < 1.29 is 4.79 Å². The lowest BCUT2D eigenvalue weighted by molar-refractivity contribution is -0.122. The first kappa shape index (κ1) is 16.0. The smallest absolute Gasteiger partial charge is 0.243 e. The molecule has 3 nitrogen and oxygen atoms in total. The van der Waals surface area contributed by atoms with Gasteiger partial charge in [-0.05, 0) is 42.5 Å². The summed E-state index contributed by atoms with van der Waals surface area (Å²) < 4.78 is 0. The Morgan fingerprint density at radius 3 is 2.57 bits per heavy atom. The van der Waals surface area contributed by atoms with E-state index in [-0.39, 0.29) is 11.8 Å². The number of benzene rings is 2. The van der Waals surface area contributed by atoms with Gasteiger partial charge in [-0.15, -0.1) is 0 Å². The minimum Gasteiger partial charge on any atom is -0.273 e. The maximum atomic E-state index is 12.2. The van der Waals surface area contributed by atoms with Gasteiger partial charge in [0.25, 0.3) is 0 Å². The van der Waals surface area contributed by atoms with Crippen LogP contribution in [0.3, 0.4) is 0 Å². The van der Waals surface area contributed by atoms with Gasteiger partial charge in [0, 0.05) is 5.92 Å². The molecule has 3 rings (SSSR count). The van der Waals surface area contributed by atoms with Crippen LogP contribution in [0, 0.1) is 5.92 Å². The van der Waals surface area contributed by atoms with Crippen LogP contribution in [-0.2, 0) is 4.79 Å². The summed E-state index contributed by atoms with van der Waals surface area (Å²) in [6, 6.07) is 15.4. The molecule has 118 valence electrons. The van der Waals surface area contributed by atoms with Crippen molar-refractivity contribution in [1.29, 1.82) is 0 Å². The monoisotopic (exact) mass is 346 g/mol. The molecule has 0 spiro atoms. The van der Waals surface area contributed by atoms with Crippen LogP contribution in [0.2, 0.25) is 10.0 Å². The van der Waals surface area contributed by atoms with E-state index in [0.717, 1.165) is 12.0 Å². The van der Waals surface area contributed by atoms with Crippen molar-refractivity contribution in [1.82, 2.24) is 5.43 Å². The zero-order valence-electron chi connectivity index (χ0n) is 12.6. The van der Waals surface area contributed by atoms with Gasteiger partial charge in [0.2, 0.25) is 5.91 Å². The Morgan fingerprint density at radius 2 is 1.87 bits per heavy atom. The number of carbonyl (C=O) groups is 1. The number of nitrogens with one attached hydrogen (secondary N) is 1. The zero-order chi connectivity index (χ0) is 16.4. The fourth-order valence-corrected chi connectivity index (χ4v) is 2.86. The van der Waals surface area contributed by atoms with Crippen molar-refractivity contribution in [2.45, 2.75) is 19.3 Å². The number of nitrogens with zero attached hydrogens (tertiary/aromatic N) is 1. The maximum absolute atomic E-state index is 12.2. The summed E-state index contributed by atoms with van der Waals surface area (Å²) in [5, 5.41) is 5.13. The lowest BCUT2D eigenvalue weighted by atomic mass is 10.1. The molecule has 1 fully saturated rings. The third-order valence-electron chi connectivity index (χ3n) is 4.03. The van der Waals surface area contributed by atoms with Crippen LogP contribution in [0.1, 0.15) is 30.4 Å². The summed E-state index contributed by atoms with van der Waals surface area (Å²) >= 11 is 11.9. The van der Waals surface area contributed by atoms with Crippen LogP contribution < -0.4 is 5.43 Å². The second kappa shape index (κ2) is 6.73. The van der Waals surface area contributed by atoms with E-state index in [4.69, 9.17) is 23.2 Å². The van der Waals surface area contributed by atoms with E-state index in [2.05, 4.69) is 22.7 Å². The minimum absolute atomic E-state index is 0.00255. The van der Waals surface area contributed by atoms with Crippen molar-refractivity contribution in [2.24, 2.45) is 11.0 Å². The molecule has 0 saturated heterocycles. The average Bonchev–Trinajstić information content (AvgIpc) is 3.36. The zero-order valence-corrected chi connectivity index (χ0v) is 14.1. The van der Waals surface area contributed by atoms with Crippen LogP contribution >= 0.6 is 23.2 Å². The maximum Gasteiger partial charge on any atom is 0.243 e. The molecule has 2 aromatic rings. The standard InChI is InChI=1S/C18H16Cl2N2O/c1-11(13-7-8-16(19)17(20)9-13)21-22-18(23)15-10-14(15)12-5-3-2-4-6-12/h2-9,14-15H,10H2,1H3,(H,22,23)/t14-,15-/m0/s1. The SMILES string of the molecule is CC(=NNC(=O)[C@H]1C[C@H]1c1ccccc1)c1ccc(Cl)c(Cl)c1. The molecule has 0 heterocycles. The van der Waals surface area contributed by atoms with Gasteiger partial charge in [0.15, 0.2) is 0 Å². The van der Waals surface area contributed by atoms with Gasteiger partial charge < -0.3 is 0 Å². The van der Waals surface area contributed by atoms with E-state index in [1.54, 1.807) is 12.1 Å². The summed E-state index contributed by atoms with van der Waals surface area (Å²) in [7, 11) is 0. The molecule has 1 amide bonds. The fraction of sp³-hybridized carbons (Fsp3) is 0.222. The number of hydrogen-bond donors (Lipinski definition) is 1. The highest BCUT2D eigenvalue weighted by molar-refractivity contribution is 6.42. The number of hydrogen-bond acceptors (Lipinski definition) is 2. The van der Waals surface area contributed by atoms with Crippen LogP contribution in [0.4, 0.5) is 0 Å². The molecule has 23 heavy (non-hydrogen) atoms. The summed E-state index contributed by atoms with van der Waals surface area (Å²) in [4.78, 5) is 12.2. The highest BCUT2D eigenvalue weighted by atomic mass is 35.5. The van der Waals surface area contributed by atoms with Gasteiger partial charge in [-0.1, -0.05) is 59.6 Å². The summed E-state index contributed by atoms with van der Waals surface area (Å²) in [5.41, 5.74) is 5.37. The third-order valence-corrected chi connectivity index (χ3v) is 4.77. The molecule has 0 bridgehead atoms. The second-order valence-corrected chi connectivity index (χ2v) is 6.48. The molecular weight excluding hydrogens is 331 g/mol. The molecule has 1 N–H and O–H groups in total. The number of carbonyl (C=O) groups excluding carboxylic acids is 1. The van der Waals surface area contributed by atoms with E-state index in [9.17, 15) is 4.79 Å². The Bertz CT molecular complexity index is 759. The Kier molecular flexibility index (Phi) is 4.69. The van der Waals surface area contributed by atoms with Crippen LogP contribution in [0.25, 0.3) is 0 Å². The highest BCUT2D eigenvalue weighted by Gasteiger charge is 2.43. The van der Waals surface area contributed by atoms with E-state index in [1.165, 1.54) is 5.56 Å². The molecule has 1 aliphatic rings. The quantitative estimate of drug-likeness (QED) is 0.635. The van der Waals surface area contributed by atoms with Crippen molar-refractivity contribution in [3.63, 3.8) is 0 Å². The molecule has 2 atom stereocenters. The van der Waals surface area contributed by atoms with Crippen molar-refractivity contribution >= 4 is 34.8 Å². The van der Waals surface area contributed by atoms with Gasteiger partial charge in [0.1, 0.15) is 0 Å². The Hall–Kier alpha value is -1.84. The Morgan fingerprint density at radius 1 is 1.13 bits per heavy atom. The van der Waals surface area contributed by atoms with Crippen molar-refractivity contribution in [3.05, 3.63) is 69.7 Å². The topological polar surface area (TPSA) is 41.5 Å². The largest absolute Gasteiger partial charge is 0.273 e. The lowest BCUT2D eigenvalue weighted by Gasteiger charge is -2.04. The van der Waals surface area contributed by atoms with Crippen LogP contribution in [0.5, 0.6) is 0 Å². The molecule has 0 aliphatic heterocycles. The van der Waals surface area contributed by atoms with Gasteiger partial charge in [-0.3, -0.25) is 4.79 Å². The van der Waals surface area contributed by atoms with E-state index in [0.29, 0.717) is 21.7 Å². The molecule has 1 saturated carbocycles.